The fourth-order valence-corrected chi connectivity index (χ4v) is 3.55. The second kappa shape index (κ2) is 9.66. The number of benzene rings is 2. The van der Waals surface area contributed by atoms with Crippen LogP contribution < -0.4 is 15.6 Å². The van der Waals surface area contributed by atoms with Gasteiger partial charge in [-0.05, 0) is 62.6 Å². The fraction of sp³-hybridized carbons (Fsp3) is 0.261. The van der Waals surface area contributed by atoms with Crippen LogP contribution in [0.2, 0.25) is 5.02 Å². The van der Waals surface area contributed by atoms with Crippen LogP contribution in [0.5, 0.6) is 5.75 Å². The molecule has 0 aliphatic rings. The molecular formula is C23H25ClN4O3. The third-order valence-corrected chi connectivity index (χ3v) is 5.14. The first-order chi connectivity index (χ1) is 14.7. The maximum absolute atomic E-state index is 12.6. The number of halogens is 1. The molecule has 0 atom stereocenters. The molecule has 8 heteroatoms. The lowest BCUT2D eigenvalue weighted by Crippen LogP contribution is -2.44. The molecule has 162 valence electrons. The summed E-state index contributed by atoms with van der Waals surface area (Å²) >= 11 is 6.23. The fourth-order valence-electron chi connectivity index (χ4n) is 3.36. The van der Waals surface area contributed by atoms with Crippen LogP contribution in [0.25, 0.3) is 0 Å². The van der Waals surface area contributed by atoms with Gasteiger partial charge in [0.15, 0.2) is 6.61 Å². The van der Waals surface area contributed by atoms with Crippen molar-refractivity contribution in [2.24, 2.45) is 0 Å². The number of ether oxygens (including phenoxy) is 1. The highest BCUT2D eigenvalue weighted by molar-refractivity contribution is 6.31. The van der Waals surface area contributed by atoms with Crippen LogP contribution in [0.15, 0.2) is 42.5 Å². The summed E-state index contributed by atoms with van der Waals surface area (Å²) in [7, 11) is 0. The zero-order chi connectivity index (χ0) is 22.5. The van der Waals surface area contributed by atoms with Crippen molar-refractivity contribution >= 4 is 23.4 Å². The van der Waals surface area contributed by atoms with E-state index < -0.39 is 11.8 Å². The van der Waals surface area contributed by atoms with Crippen molar-refractivity contribution in [1.82, 2.24) is 20.6 Å². The van der Waals surface area contributed by atoms with Crippen molar-refractivity contribution in [2.75, 3.05) is 6.61 Å². The average molecular weight is 441 g/mol. The summed E-state index contributed by atoms with van der Waals surface area (Å²) in [5.41, 5.74) is 9.44. The predicted molar refractivity (Wildman–Crippen MR) is 119 cm³/mol. The molecule has 0 spiro atoms. The lowest BCUT2D eigenvalue weighted by atomic mass is 10.1. The number of hydrazine groups is 1. The topological polar surface area (TPSA) is 85.2 Å². The maximum Gasteiger partial charge on any atom is 0.276 e. The van der Waals surface area contributed by atoms with Gasteiger partial charge < -0.3 is 4.74 Å². The van der Waals surface area contributed by atoms with Gasteiger partial charge in [0.1, 0.15) is 5.75 Å². The molecule has 3 aromatic rings. The van der Waals surface area contributed by atoms with Gasteiger partial charge in [-0.25, -0.2) is 0 Å². The van der Waals surface area contributed by atoms with Crippen LogP contribution in [-0.4, -0.2) is 28.2 Å². The number of aromatic nitrogens is 2. The quantitative estimate of drug-likeness (QED) is 0.573. The number of amides is 2. The van der Waals surface area contributed by atoms with Gasteiger partial charge in [0.05, 0.1) is 17.8 Å². The minimum Gasteiger partial charge on any atom is -0.484 e. The Bertz CT molecular complexity index is 1100. The Morgan fingerprint density at radius 2 is 1.71 bits per heavy atom. The molecule has 0 saturated heterocycles. The number of nitrogens with one attached hydrogen (secondary N) is 2. The summed E-state index contributed by atoms with van der Waals surface area (Å²) < 4.78 is 7.22. The molecule has 7 nitrogen and oxygen atoms in total. The Kier molecular flexibility index (Phi) is 6.97. The van der Waals surface area contributed by atoms with Gasteiger partial charge >= 0.3 is 0 Å². The Morgan fingerprint density at radius 1 is 1.03 bits per heavy atom. The summed E-state index contributed by atoms with van der Waals surface area (Å²) in [5.74, 6) is -0.307. The van der Waals surface area contributed by atoms with E-state index in [4.69, 9.17) is 16.3 Å². The molecule has 0 saturated carbocycles. The molecule has 0 fully saturated rings. The molecule has 2 N–H and O–H groups in total. The van der Waals surface area contributed by atoms with E-state index in [1.165, 1.54) is 0 Å². The van der Waals surface area contributed by atoms with Crippen LogP contribution in [0, 0.1) is 27.7 Å². The van der Waals surface area contributed by atoms with Crippen molar-refractivity contribution in [2.45, 2.75) is 34.2 Å². The Labute approximate surface area is 186 Å². The van der Waals surface area contributed by atoms with E-state index in [1.807, 2.05) is 56.3 Å². The second-order valence-electron chi connectivity index (χ2n) is 7.41. The minimum absolute atomic E-state index is 0.215. The molecule has 3 rings (SSSR count). The highest BCUT2D eigenvalue weighted by Crippen LogP contribution is 2.19. The summed E-state index contributed by atoms with van der Waals surface area (Å²) in [6, 6.07) is 13.2. The van der Waals surface area contributed by atoms with Gasteiger partial charge in [-0.2, -0.15) is 5.10 Å². The van der Waals surface area contributed by atoms with Gasteiger partial charge in [0.2, 0.25) is 0 Å². The van der Waals surface area contributed by atoms with Gasteiger partial charge in [-0.1, -0.05) is 35.9 Å². The summed E-state index contributed by atoms with van der Waals surface area (Å²) in [4.78, 5) is 24.7. The summed E-state index contributed by atoms with van der Waals surface area (Å²) in [5, 5.41) is 5.08. The highest BCUT2D eigenvalue weighted by atomic mass is 35.5. The smallest absolute Gasteiger partial charge is 0.276 e. The maximum atomic E-state index is 12.6. The Balaban J connectivity index is 1.59. The van der Waals surface area contributed by atoms with E-state index in [0.717, 1.165) is 16.7 Å². The molecule has 0 aliphatic carbocycles. The molecule has 2 aromatic carbocycles. The van der Waals surface area contributed by atoms with E-state index in [1.54, 1.807) is 18.5 Å². The van der Waals surface area contributed by atoms with Crippen LogP contribution in [0.3, 0.4) is 0 Å². The number of carbonyl (C=O) groups excluding carboxylic acids is 2. The van der Waals surface area contributed by atoms with Crippen LogP contribution in [0.1, 0.15) is 38.4 Å². The third-order valence-electron chi connectivity index (χ3n) is 4.77. The first kappa shape index (κ1) is 22.4. The number of hydrogen-bond donors (Lipinski definition) is 2. The molecule has 2 amide bonds. The van der Waals surface area contributed by atoms with Crippen molar-refractivity contribution in [3.63, 3.8) is 0 Å². The lowest BCUT2D eigenvalue weighted by molar-refractivity contribution is -0.123. The van der Waals surface area contributed by atoms with Crippen molar-refractivity contribution in [1.29, 1.82) is 0 Å². The first-order valence-corrected chi connectivity index (χ1v) is 10.2. The second-order valence-corrected chi connectivity index (χ2v) is 7.82. The standard InChI is InChI=1S/C23H25ClN4O3/c1-14-9-15(2)11-19(10-14)31-13-21(29)25-26-23(30)22-16(3)27-28(17(22)4)12-18-7-5-6-8-20(18)24/h5-11H,12-13H2,1-4H3,(H,25,29)(H,26,30). The molecule has 1 heterocycles. The van der Waals surface area contributed by atoms with Crippen molar-refractivity contribution in [3.05, 3.63) is 81.1 Å². The molecule has 0 aliphatic heterocycles. The number of hydrogen-bond acceptors (Lipinski definition) is 4. The van der Waals surface area contributed by atoms with Gasteiger partial charge in [0, 0.05) is 10.7 Å². The van der Waals surface area contributed by atoms with E-state index in [9.17, 15) is 9.59 Å². The van der Waals surface area contributed by atoms with E-state index in [0.29, 0.717) is 34.3 Å². The summed E-state index contributed by atoms with van der Waals surface area (Å²) in [6.07, 6.45) is 0. The SMILES string of the molecule is Cc1cc(C)cc(OCC(=O)NNC(=O)c2c(C)nn(Cc3ccccc3Cl)c2C)c1. The molecule has 0 unspecified atom stereocenters. The molecule has 1 aromatic heterocycles. The predicted octanol–water partition coefficient (Wildman–Crippen LogP) is 3.66. The van der Waals surface area contributed by atoms with Gasteiger partial charge in [-0.15, -0.1) is 0 Å². The van der Waals surface area contributed by atoms with E-state index in [2.05, 4.69) is 16.0 Å². The largest absolute Gasteiger partial charge is 0.484 e. The lowest BCUT2D eigenvalue weighted by Gasteiger charge is -2.10. The number of nitrogens with zero attached hydrogens (tertiary/aromatic N) is 2. The van der Waals surface area contributed by atoms with E-state index in [-0.39, 0.29) is 6.61 Å². The molecule has 0 bridgehead atoms. The third kappa shape index (κ3) is 5.64. The van der Waals surface area contributed by atoms with Crippen LogP contribution in [0.4, 0.5) is 0 Å². The van der Waals surface area contributed by atoms with Crippen molar-refractivity contribution in [3.8, 4) is 5.75 Å². The monoisotopic (exact) mass is 440 g/mol. The first-order valence-electron chi connectivity index (χ1n) is 9.82. The zero-order valence-corrected chi connectivity index (χ0v) is 18.7. The number of aryl methyl sites for hydroxylation is 3. The molecule has 0 radical (unpaired) electrons. The molecule has 31 heavy (non-hydrogen) atoms. The van der Waals surface area contributed by atoms with E-state index >= 15 is 0 Å². The minimum atomic E-state index is -0.466. The van der Waals surface area contributed by atoms with Gasteiger partial charge in [0.25, 0.3) is 11.8 Å². The van der Waals surface area contributed by atoms with Crippen LogP contribution in [-0.2, 0) is 11.3 Å². The highest BCUT2D eigenvalue weighted by Gasteiger charge is 2.19. The zero-order valence-electron chi connectivity index (χ0n) is 18.0. The average Bonchev–Trinajstić information content (AvgIpc) is 2.98. The Morgan fingerprint density at radius 3 is 2.39 bits per heavy atom. The number of carbonyl (C=O) groups is 2. The number of rotatable bonds is 6. The molecular weight excluding hydrogens is 416 g/mol. The summed E-state index contributed by atoms with van der Waals surface area (Å²) in [6.45, 7) is 7.68. The van der Waals surface area contributed by atoms with Crippen molar-refractivity contribution < 1.29 is 14.3 Å². The normalized spacial score (nSPS) is 10.6. The van der Waals surface area contributed by atoms with Crippen LogP contribution >= 0.6 is 11.6 Å². The Hall–Kier alpha value is -3.32. The van der Waals surface area contributed by atoms with Gasteiger partial charge in [-0.3, -0.25) is 25.1 Å².